The lowest BCUT2D eigenvalue weighted by Crippen LogP contribution is -2.10. The Morgan fingerprint density at radius 1 is 1.00 bits per heavy atom. The number of benzene rings is 2. The lowest BCUT2D eigenvalue weighted by Gasteiger charge is -2.18. The maximum Gasteiger partial charge on any atom is 0.200 e. The summed E-state index contributed by atoms with van der Waals surface area (Å²) in [4.78, 5) is 4.53. The Bertz CT molecular complexity index is 865. The van der Waals surface area contributed by atoms with Crippen molar-refractivity contribution in [3.05, 3.63) is 59.7 Å². The van der Waals surface area contributed by atoms with Gasteiger partial charge < -0.3 is 9.67 Å². The van der Waals surface area contributed by atoms with Crippen LogP contribution in [0.5, 0.6) is 5.88 Å². The fourth-order valence-corrected chi connectivity index (χ4v) is 2.72. The van der Waals surface area contributed by atoms with E-state index in [1.807, 2.05) is 43.4 Å². The quantitative estimate of drug-likeness (QED) is 0.670. The fourth-order valence-electron chi connectivity index (χ4n) is 2.72. The SMILES string of the molecule is Cn1c(O)c(C=Nc2ccc(C(C)(C)C)cc2)c2ccccc21. The van der Waals surface area contributed by atoms with Crippen LogP contribution in [-0.2, 0) is 12.5 Å². The standard InChI is InChI=1S/C20H22N2O/c1-20(2,3)14-9-11-15(12-10-14)21-13-17-16-7-5-6-8-18(16)22(4)19(17)23/h5-13,23H,1-4H3. The van der Waals surface area contributed by atoms with Crippen molar-refractivity contribution in [1.82, 2.24) is 4.57 Å². The van der Waals surface area contributed by atoms with Gasteiger partial charge in [-0.05, 0) is 29.2 Å². The van der Waals surface area contributed by atoms with Gasteiger partial charge in [-0.1, -0.05) is 51.1 Å². The molecule has 1 aromatic heterocycles. The number of hydrogen-bond acceptors (Lipinski definition) is 2. The summed E-state index contributed by atoms with van der Waals surface area (Å²) in [7, 11) is 1.85. The van der Waals surface area contributed by atoms with Gasteiger partial charge in [0, 0.05) is 18.6 Å². The molecule has 3 rings (SSSR count). The van der Waals surface area contributed by atoms with E-state index in [0.29, 0.717) is 0 Å². The van der Waals surface area contributed by atoms with Gasteiger partial charge >= 0.3 is 0 Å². The highest BCUT2D eigenvalue weighted by Crippen LogP contribution is 2.29. The molecule has 0 aliphatic rings. The van der Waals surface area contributed by atoms with E-state index in [9.17, 15) is 5.11 Å². The molecule has 3 nitrogen and oxygen atoms in total. The molecule has 0 radical (unpaired) electrons. The summed E-state index contributed by atoms with van der Waals surface area (Å²) in [5, 5.41) is 11.3. The van der Waals surface area contributed by atoms with Gasteiger partial charge in [-0.3, -0.25) is 4.99 Å². The van der Waals surface area contributed by atoms with Gasteiger partial charge in [0.2, 0.25) is 5.88 Å². The van der Waals surface area contributed by atoms with Crippen molar-refractivity contribution in [2.45, 2.75) is 26.2 Å². The van der Waals surface area contributed by atoms with Crippen LogP contribution >= 0.6 is 0 Å². The number of rotatable bonds is 2. The van der Waals surface area contributed by atoms with Crippen molar-refractivity contribution < 1.29 is 5.11 Å². The van der Waals surface area contributed by atoms with Gasteiger partial charge in [0.05, 0.1) is 16.8 Å². The Kier molecular flexibility index (Phi) is 3.72. The lowest BCUT2D eigenvalue weighted by molar-refractivity contribution is 0.434. The van der Waals surface area contributed by atoms with E-state index in [4.69, 9.17) is 0 Å². The molecule has 0 bridgehead atoms. The summed E-state index contributed by atoms with van der Waals surface area (Å²) in [6, 6.07) is 16.2. The zero-order valence-corrected chi connectivity index (χ0v) is 14.0. The molecule has 3 heteroatoms. The van der Waals surface area contributed by atoms with Crippen LogP contribution < -0.4 is 0 Å². The highest BCUT2D eigenvalue weighted by molar-refractivity contribution is 6.03. The zero-order valence-electron chi connectivity index (χ0n) is 14.0. The second-order valence-corrected chi connectivity index (χ2v) is 6.87. The number of para-hydroxylation sites is 1. The maximum absolute atomic E-state index is 10.3. The van der Waals surface area contributed by atoms with E-state index in [-0.39, 0.29) is 11.3 Å². The van der Waals surface area contributed by atoms with Crippen LogP contribution in [0.15, 0.2) is 53.5 Å². The van der Waals surface area contributed by atoms with Crippen LogP contribution in [0.25, 0.3) is 10.9 Å². The van der Waals surface area contributed by atoms with Crippen molar-refractivity contribution in [3.63, 3.8) is 0 Å². The van der Waals surface area contributed by atoms with E-state index >= 15 is 0 Å². The summed E-state index contributed by atoms with van der Waals surface area (Å²) >= 11 is 0. The lowest BCUT2D eigenvalue weighted by atomic mass is 9.87. The third-order valence-corrected chi connectivity index (χ3v) is 4.19. The number of hydrogen-bond donors (Lipinski definition) is 1. The molecule has 0 aliphatic heterocycles. The van der Waals surface area contributed by atoms with Gasteiger partial charge in [0.1, 0.15) is 0 Å². The molecular formula is C20H22N2O. The van der Waals surface area contributed by atoms with Gasteiger partial charge in [-0.15, -0.1) is 0 Å². The van der Waals surface area contributed by atoms with E-state index in [2.05, 4.69) is 37.9 Å². The molecule has 0 fully saturated rings. The van der Waals surface area contributed by atoms with Crippen molar-refractivity contribution in [2.24, 2.45) is 12.0 Å². The van der Waals surface area contributed by atoms with Gasteiger partial charge in [-0.2, -0.15) is 0 Å². The average Bonchev–Trinajstić information content (AvgIpc) is 2.77. The molecular weight excluding hydrogens is 284 g/mol. The summed E-state index contributed by atoms with van der Waals surface area (Å²) in [6.45, 7) is 6.58. The largest absolute Gasteiger partial charge is 0.494 e. The number of fused-ring (bicyclic) bond motifs is 1. The molecule has 0 saturated heterocycles. The number of aliphatic imine (C=N–C) groups is 1. The molecule has 0 saturated carbocycles. The second-order valence-electron chi connectivity index (χ2n) is 6.87. The van der Waals surface area contributed by atoms with Crippen LogP contribution in [-0.4, -0.2) is 15.9 Å². The first-order valence-corrected chi connectivity index (χ1v) is 7.79. The molecule has 0 aliphatic carbocycles. The fraction of sp³-hybridized carbons (Fsp3) is 0.250. The number of nitrogens with zero attached hydrogens (tertiary/aromatic N) is 2. The van der Waals surface area contributed by atoms with Crippen molar-refractivity contribution >= 4 is 22.8 Å². The molecule has 1 heterocycles. The average molecular weight is 306 g/mol. The third-order valence-electron chi connectivity index (χ3n) is 4.19. The van der Waals surface area contributed by atoms with Crippen molar-refractivity contribution in [2.75, 3.05) is 0 Å². The Hall–Kier alpha value is -2.55. The monoisotopic (exact) mass is 306 g/mol. The first-order chi connectivity index (χ1) is 10.9. The number of aromatic nitrogens is 1. The molecule has 118 valence electrons. The topological polar surface area (TPSA) is 37.5 Å². The molecule has 3 aromatic rings. The van der Waals surface area contributed by atoms with Crippen LogP contribution in [0.3, 0.4) is 0 Å². The Balaban J connectivity index is 1.96. The second kappa shape index (κ2) is 5.58. The Morgan fingerprint density at radius 3 is 2.30 bits per heavy atom. The highest BCUT2D eigenvalue weighted by atomic mass is 16.3. The molecule has 23 heavy (non-hydrogen) atoms. The first kappa shape index (κ1) is 15.3. The van der Waals surface area contributed by atoms with Gasteiger partial charge in [-0.25, -0.2) is 0 Å². The first-order valence-electron chi connectivity index (χ1n) is 7.79. The third kappa shape index (κ3) is 2.87. The summed E-state index contributed by atoms with van der Waals surface area (Å²) in [5.74, 6) is 0.237. The van der Waals surface area contributed by atoms with Crippen LogP contribution in [0, 0.1) is 0 Å². The van der Waals surface area contributed by atoms with Crippen LogP contribution in [0.1, 0.15) is 31.9 Å². The molecule has 2 aromatic carbocycles. The normalized spacial score (nSPS) is 12.3. The number of aryl methyl sites for hydroxylation is 1. The van der Waals surface area contributed by atoms with Crippen molar-refractivity contribution in [1.29, 1.82) is 0 Å². The minimum atomic E-state index is 0.135. The summed E-state index contributed by atoms with van der Waals surface area (Å²) in [6.07, 6.45) is 1.74. The minimum absolute atomic E-state index is 0.135. The van der Waals surface area contributed by atoms with Crippen molar-refractivity contribution in [3.8, 4) is 5.88 Å². The van der Waals surface area contributed by atoms with Gasteiger partial charge in [0.15, 0.2) is 0 Å². The predicted octanol–water partition coefficient (Wildman–Crippen LogP) is 4.93. The van der Waals surface area contributed by atoms with Gasteiger partial charge in [0.25, 0.3) is 0 Å². The summed E-state index contributed by atoms with van der Waals surface area (Å²) in [5.41, 5.74) is 4.04. The molecule has 0 atom stereocenters. The Morgan fingerprint density at radius 2 is 1.65 bits per heavy atom. The smallest absolute Gasteiger partial charge is 0.200 e. The number of aromatic hydroxyl groups is 1. The molecule has 0 spiro atoms. The zero-order chi connectivity index (χ0) is 16.6. The van der Waals surface area contributed by atoms with E-state index in [1.165, 1.54) is 5.56 Å². The summed E-state index contributed by atoms with van der Waals surface area (Å²) < 4.78 is 1.78. The predicted molar refractivity (Wildman–Crippen MR) is 97.0 cm³/mol. The minimum Gasteiger partial charge on any atom is -0.494 e. The van der Waals surface area contributed by atoms with E-state index in [0.717, 1.165) is 22.2 Å². The Labute approximate surface area is 136 Å². The van der Waals surface area contributed by atoms with E-state index < -0.39 is 0 Å². The van der Waals surface area contributed by atoms with E-state index in [1.54, 1.807) is 10.8 Å². The van der Waals surface area contributed by atoms with Crippen LogP contribution in [0.2, 0.25) is 0 Å². The van der Waals surface area contributed by atoms with Crippen LogP contribution in [0.4, 0.5) is 5.69 Å². The molecule has 0 amide bonds. The molecule has 0 unspecified atom stereocenters. The maximum atomic E-state index is 10.3. The molecule has 1 N–H and O–H groups in total. The highest BCUT2D eigenvalue weighted by Gasteiger charge is 2.13.